The molecule has 2 aromatic heterocycles. The number of pyridine rings is 1. The third-order valence-corrected chi connectivity index (χ3v) is 7.06. The number of rotatable bonds is 7. The van der Waals surface area contributed by atoms with E-state index >= 15 is 0 Å². The van der Waals surface area contributed by atoms with Gasteiger partial charge in [-0.15, -0.1) is 0 Å². The summed E-state index contributed by atoms with van der Waals surface area (Å²) < 4.78 is 38.2. The lowest BCUT2D eigenvalue weighted by Gasteiger charge is -2.27. The Morgan fingerprint density at radius 2 is 1.89 bits per heavy atom. The fourth-order valence-electron chi connectivity index (χ4n) is 4.33. The van der Waals surface area contributed by atoms with Gasteiger partial charge < -0.3 is 19.4 Å². The molecule has 0 bridgehead atoms. The minimum absolute atomic E-state index is 0.298. The Hall–Kier alpha value is -3.60. The normalized spacial score (nSPS) is 17.5. The molecule has 37 heavy (non-hydrogen) atoms. The van der Waals surface area contributed by atoms with Gasteiger partial charge in [-0.25, -0.2) is 8.42 Å². The molecule has 11 heteroatoms. The molecule has 0 unspecified atom stereocenters. The van der Waals surface area contributed by atoms with Crippen LogP contribution in [0.4, 0.5) is 11.4 Å². The average molecular weight is 555 g/mol. The van der Waals surface area contributed by atoms with Crippen LogP contribution in [-0.4, -0.2) is 31.9 Å². The second-order valence-electron chi connectivity index (χ2n) is 8.46. The van der Waals surface area contributed by atoms with Gasteiger partial charge in [0.05, 0.1) is 30.8 Å². The zero-order valence-electron chi connectivity index (χ0n) is 19.9. The van der Waals surface area contributed by atoms with Crippen LogP contribution in [0.1, 0.15) is 23.5 Å². The molecule has 2 aromatic carbocycles. The van der Waals surface area contributed by atoms with Crippen molar-refractivity contribution in [2.24, 2.45) is 0 Å². The van der Waals surface area contributed by atoms with Crippen molar-refractivity contribution in [2.75, 3.05) is 23.0 Å². The second kappa shape index (κ2) is 10.0. The van der Waals surface area contributed by atoms with Gasteiger partial charge >= 0.3 is 0 Å². The zero-order chi connectivity index (χ0) is 26.2. The molecule has 1 aliphatic rings. The quantitative estimate of drug-likeness (QED) is 0.287. The van der Waals surface area contributed by atoms with Gasteiger partial charge in [-0.2, -0.15) is 0 Å². The number of anilines is 2. The molecule has 5 rings (SSSR count). The van der Waals surface area contributed by atoms with Gasteiger partial charge in [0, 0.05) is 22.5 Å². The molecule has 0 saturated carbocycles. The molecule has 190 valence electrons. The van der Waals surface area contributed by atoms with E-state index in [1.807, 2.05) is 65.6 Å². The fraction of sp³-hybridized carbons (Fsp3) is 0.154. The first-order chi connectivity index (χ1) is 17.7. The third-order valence-electron chi connectivity index (χ3n) is 5.90. The van der Waals surface area contributed by atoms with Crippen molar-refractivity contribution >= 4 is 50.3 Å². The van der Waals surface area contributed by atoms with Crippen molar-refractivity contribution in [3.8, 4) is 17.1 Å². The molecule has 2 N–H and O–H groups in total. The molecule has 0 amide bonds. The predicted molar refractivity (Wildman–Crippen MR) is 149 cm³/mol. The maximum absolute atomic E-state index is 12.0. The predicted octanol–water partition coefficient (Wildman–Crippen LogP) is 5.55. The molecule has 1 fully saturated rings. The highest BCUT2D eigenvalue weighted by Gasteiger charge is 2.42. The lowest BCUT2D eigenvalue weighted by Crippen LogP contribution is -2.29. The molecular weight excluding hydrogens is 532 g/mol. The molecule has 2 atom stereocenters. The second-order valence-corrected chi connectivity index (χ2v) is 11.0. The number of halogens is 1. The maximum atomic E-state index is 12.0. The molecule has 0 aliphatic carbocycles. The number of sulfonamides is 1. The summed E-state index contributed by atoms with van der Waals surface area (Å²) in [5, 5.41) is 4.45. The van der Waals surface area contributed by atoms with Crippen LogP contribution in [0.2, 0.25) is 5.02 Å². The number of aromatic nitrogens is 1. The minimum Gasteiger partial charge on any atom is -0.495 e. The Morgan fingerprint density at radius 1 is 1.11 bits per heavy atom. The average Bonchev–Trinajstić information content (AvgIpc) is 3.48. The lowest BCUT2D eigenvalue weighted by atomic mass is 10.0. The summed E-state index contributed by atoms with van der Waals surface area (Å²) in [7, 11) is -2.07. The van der Waals surface area contributed by atoms with Crippen molar-refractivity contribution in [2.45, 2.75) is 12.1 Å². The number of methoxy groups -OCH3 is 1. The summed E-state index contributed by atoms with van der Waals surface area (Å²) in [6.45, 7) is 0. The lowest BCUT2D eigenvalue weighted by molar-refractivity contribution is 0.416. The van der Waals surface area contributed by atoms with Gasteiger partial charge in [0.15, 0.2) is 5.11 Å². The van der Waals surface area contributed by atoms with Crippen LogP contribution in [0.3, 0.4) is 0 Å². The van der Waals surface area contributed by atoms with E-state index < -0.39 is 16.1 Å². The molecule has 1 saturated heterocycles. The molecule has 8 nitrogen and oxygen atoms in total. The van der Waals surface area contributed by atoms with Crippen LogP contribution in [0.5, 0.6) is 5.75 Å². The topological polar surface area (TPSA) is 96.7 Å². The van der Waals surface area contributed by atoms with Crippen molar-refractivity contribution in [3.63, 3.8) is 0 Å². The highest BCUT2D eigenvalue weighted by Crippen LogP contribution is 2.44. The summed E-state index contributed by atoms with van der Waals surface area (Å²) in [6, 6.07) is 21.3. The number of hydrogen-bond acceptors (Lipinski definition) is 6. The first-order valence-electron chi connectivity index (χ1n) is 11.3. The summed E-state index contributed by atoms with van der Waals surface area (Å²) in [5.41, 5.74) is 2.61. The van der Waals surface area contributed by atoms with Crippen molar-refractivity contribution < 1.29 is 17.6 Å². The van der Waals surface area contributed by atoms with E-state index in [0.29, 0.717) is 38.8 Å². The van der Waals surface area contributed by atoms with Crippen LogP contribution in [-0.2, 0) is 10.0 Å². The van der Waals surface area contributed by atoms with Crippen molar-refractivity contribution in [1.82, 2.24) is 10.3 Å². The Balaban J connectivity index is 1.61. The van der Waals surface area contributed by atoms with Gasteiger partial charge in [-0.05, 0) is 78.9 Å². The molecule has 1 aliphatic heterocycles. The third kappa shape index (κ3) is 5.27. The van der Waals surface area contributed by atoms with E-state index in [0.717, 1.165) is 17.5 Å². The van der Waals surface area contributed by atoms with E-state index in [1.54, 1.807) is 18.3 Å². The highest BCUT2D eigenvalue weighted by molar-refractivity contribution is 7.92. The maximum Gasteiger partial charge on any atom is 0.229 e. The number of nitrogens with zero attached hydrogens (tertiary/aromatic N) is 2. The molecule has 3 heterocycles. The fourth-order valence-corrected chi connectivity index (χ4v) is 5.36. The summed E-state index contributed by atoms with van der Waals surface area (Å²) in [6.07, 6.45) is 2.81. The molecule has 0 radical (unpaired) electrons. The standard InChI is InChI=1S/C26H23ClN4O4S2/c1-34-22-11-10-18(15-20(22)30-37(2,32)33)31-25(24(29-26(31)36)19-5-3-4-14-28-19)23-13-12-21(35-23)16-6-8-17(27)9-7-16/h3-15,24-25,30H,1-2H3,(H,29,36)/t24-,25-/m1/s1. The number of thiocarbonyl (C=S) groups is 1. The highest BCUT2D eigenvalue weighted by atomic mass is 35.5. The van der Waals surface area contributed by atoms with Crippen molar-refractivity contribution in [3.05, 3.63) is 95.5 Å². The van der Waals surface area contributed by atoms with E-state index in [9.17, 15) is 8.42 Å². The molecule has 4 aromatic rings. The number of furan rings is 1. The van der Waals surface area contributed by atoms with Crippen LogP contribution in [0.25, 0.3) is 11.3 Å². The zero-order valence-corrected chi connectivity index (χ0v) is 22.3. The van der Waals surface area contributed by atoms with Gasteiger partial charge in [0.2, 0.25) is 10.0 Å². The smallest absolute Gasteiger partial charge is 0.229 e. The van der Waals surface area contributed by atoms with Gasteiger partial charge in [-0.3, -0.25) is 9.71 Å². The summed E-state index contributed by atoms with van der Waals surface area (Å²) >= 11 is 11.8. The Morgan fingerprint density at radius 3 is 2.57 bits per heavy atom. The molecule has 0 spiro atoms. The first kappa shape index (κ1) is 25.1. The molecular formula is C26H23ClN4O4S2. The van der Waals surface area contributed by atoms with Crippen LogP contribution >= 0.6 is 23.8 Å². The number of ether oxygens (including phenoxy) is 1. The van der Waals surface area contributed by atoms with Crippen LogP contribution < -0.4 is 19.7 Å². The van der Waals surface area contributed by atoms with E-state index in [4.69, 9.17) is 33.0 Å². The number of benzene rings is 2. The largest absolute Gasteiger partial charge is 0.495 e. The van der Waals surface area contributed by atoms with Gasteiger partial charge in [-0.1, -0.05) is 17.7 Å². The Kier molecular flexibility index (Phi) is 6.80. The first-order valence-corrected chi connectivity index (χ1v) is 13.9. The number of nitrogens with one attached hydrogen (secondary N) is 2. The van der Waals surface area contributed by atoms with Gasteiger partial charge in [0.25, 0.3) is 0 Å². The SMILES string of the molecule is COc1ccc(N2C(=S)N[C@H](c3ccccn3)[C@H]2c2ccc(-c3ccc(Cl)cc3)o2)cc1NS(C)(=O)=O. The minimum atomic E-state index is -3.55. The van der Waals surface area contributed by atoms with Crippen LogP contribution in [0.15, 0.2) is 83.4 Å². The summed E-state index contributed by atoms with van der Waals surface area (Å²) in [5.74, 6) is 1.72. The Labute approximate surface area is 225 Å². The Bertz CT molecular complexity index is 1540. The van der Waals surface area contributed by atoms with Crippen molar-refractivity contribution in [1.29, 1.82) is 0 Å². The number of hydrogen-bond donors (Lipinski definition) is 2. The summed E-state index contributed by atoms with van der Waals surface area (Å²) in [4.78, 5) is 6.45. The van der Waals surface area contributed by atoms with E-state index in [1.165, 1.54) is 7.11 Å². The van der Waals surface area contributed by atoms with E-state index in [-0.39, 0.29) is 6.04 Å². The monoisotopic (exact) mass is 554 g/mol. The van der Waals surface area contributed by atoms with Crippen LogP contribution in [0, 0.1) is 0 Å². The van der Waals surface area contributed by atoms with E-state index in [2.05, 4.69) is 15.0 Å². The van der Waals surface area contributed by atoms with Gasteiger partial charge in [0.1, 0.15) is 23.3 Å².